The molecule has 0 aromatic heterocycles. The van der Waals surface area contributed by atoms with Crippen LogP contribution in [0.3, 0.4) is 0 Å². The van der Waals surface area contributed by atoms with Crippen LogP contribution in [0.5, 0.6) is 0 Å². The summed E-state index contributed by atoms with van der Waals surface area (Å²) in [6, 6.07) is 28.9. The molecule has 0 aliphatic rings. The second-order valence-corrected chi connectivity index (χ2v) is 7.15. The van der Waals surface area contributed by atoms with E-state index in [-0.39, 0.29) is 0 Å². The van der Waals surface area contributed by atoms with Crippen LogP contribution < -0.4 is 0 Å². The summed E-state index contributed by atoms with van der Waals surface area (Å²) >= 11 is 0. The fourth-order valence-corrected chi connectivity index (χ4v) is 3.88. The summed E-state index contributed by atoms with van der Waals surface area (Å²) in [6.45, 7) is 0. The maximum atomic E-state index is 12.4. The van der Waals surface area contributed by atoms with Crippen LogP contribution in [-0.4, -0.2) is 4.21 Å². The molecule has 3 aromatic carbocycles. The summed E-state index contributed by atoms with van der Waals surface area (Å²) in [7, 11) is -0.877. The third-order valence-corrected chi connectivity index (χ3v) is 5.05. The Hall–Kier alpha value is -2.19. The molecular weight excluding hydrogens is 300 g/mol. The predicted molar refractivity (Wildman–Crippen MR) is 97.7 cm³/mol. The van der Waals surface area contributed by atoms with Crippen LogP contribution in [0.2, 0.25) is 0 Å². The fraction of sp³-hybridized carbons (Fsp3) is 0.143. The van der Waals surface area contributed by atoms with Crippen LogP contribution >= 0.6 is 0 Å². The van der Waals surface area contributed by atoms with Gasteiger partial charge in [0.15, 0.2) is 0 Å². The van der Waals surface area contributed by atoms with Gasteiger partial charge in [-0.1, -0.05) is 84.9 Å². The standard InChI is InChI=1S/C21H20OS/c22-23(16-19-10-5-2-6-11-19)17-21-13-7-12-20(15-21)14-18-8-3-1-4-9-18/h1-13,15H,14,16-17H2. The van der Waals surface area contributed by atoms with E-state index >= 15 is 0 Å². The molecule has 23 heavy (non-hydrogen) atoms. The summed E-state index contributed by atoms with van der Waals surface area (Å²) in [5, 5.41) is 0. The van der Waals surface area contributed by atoms with E-state index in [2.05, 4.69) is 48.5 Å². The molecule has 0 N–H and O–H groups in total. The van der Waals surface area contributed by atoms with E-state index in [0.717, 1.165) is 17.5 Å². The average Bonchev–Trinajstić information content (AvgIpc) is 2.57. The minimum Gasteiger partial charge on any atom is -0.259 e. The van der Waals surface area contributed by atoms with Gasteiger partial charge in [-0.15, -0.1) is 0 Å². The van der Waals surface area contributed by atoms with Gasteiger partial charge in [0.25, 0.3) is 0 Å². The molecule has 0 bridgehead atoms. The van der Waals surface area contributed by atoms with Crippen molar-refractivity contribution in [2.45, 2.75) is 17.9 Å². The molecule has 0 saturated heterocycles. The van der Waals surface area contributed by atoms with Crippen LogP contribution in [0.25, 0.3) is 0 Å². The van der Waals surface area contributed by atoms with Crippen molar-refractivity contribution in [1.29, 1.82) is 0 Å². The number of hydrogen-bond donors (Lipinski definition) is 0. The third-order valence-electron chi connectivity index (χ3n) is 3.74. The topological polar surface area (TPSA) is 17.1 Å². The van der Waals surface area contributed by atoms with E-state index in [1.165, 1.54) is 11.1 Å². The average molecular weight is 320 g/mol. The molecule has 2 heteroatoms. The lowest BCUT2D eigenvalue weighted by Gasteiger charge is -2.06. The van der Waals surface area contributed by atoms with Crippen LogP contribution in [-0.2, 0) is 28.7 Å². The maximum absolute atomic E-state index is 12.4. The van der Waals surface area contributed by atoms with Gasteiger partial charge in [0.1, 0.15) is 0 Å². The predicted octanol–water partition coefficient (Wildman–Crippen LogP) is 4.73. The molecule has 0 saturated carbocycles. The van der Waals surface area contributed by atoms with Gasteiger partial charge in [-0.05, 0) is 28.7 Å². The Bertz CT molecular complexity index is 766. The summed E-state index contributed by atoms with van der Waals surface area (Å²) in [4.78, 5) is 0. The fourth-order valence-electron chi connectivity index (χ4n) is 2.66. The monoisotopic (exact) mass is 320 g/mol. The molecule has 0 heterocycles. The zero-order valence-corrected chi connectivity index (χ0v) is 13.8. The van der Waals surface area contributed by atoms with Gasteiger partial charge in [-0.3, -0.25) is 4.21 Å². The Balaban J connectivity index is 1.64. The first-order chi connectivity index (χ1) is 11.3. The highest BCUT2D eigenvalue weighted by Gasteiger charge is 2.05. The molecule has 0 aliphatic heterocycles. The second kappa shape index (κ2) is 7.89. The quantitative estimate of drug-likeness (QED) is 0.642. The summed E-state index contributed by atoms with van der Waals surface area (Å²) in [6.07, 6.45) is 0.917. The van der Waals surface area contributed by atoms with E-state index < -0.39 is 10.8 Å². The Labute approximate surface area is 140 Å². The van der Waals surface area contributed by atoms with Gasteiger partial charge in [-0.2, -0.15) is 0 Å². The number of benzene rings is 3. The van der Waals surface area contributed by atoms with Crippen molar-refractivity contribution < 1.29 is 4.21 Å². The molecule has 1 nitrogen and oxygen atoms in total. The highest BCUT2D eigenvalue weighted by Crippen LogP contribution is 2.14. The molecule has 0 radical (unpaired) electrons. The molecular formula is C21H20OS. The first-order valence-corrected chi connectivity index (χ1v) is 9.29. The van der Waals surface area contributed by atoms with Crippen LogP contribution in [0.1, 0.15) is 22.3 Å². The Morgan fingerprint density at radius 3 is 1.78 bits per heavy atom. The highest BCUT2D eigenvalue weighted by atomic mass is 32.2. The molecule has 1 atom stereocenters. The van der Waals surface area contributed by atoms with E-state index in [9.17, 15) is 4.21 Å². The highest BCUT2D eigenvalue weighted by molar-refractivity contribution is 7.83. The maximum Gasteiger partial charge on any atom is 0.0489 e. The molecule has 0 amide bonds. The zero-order valence-electron chi connectivity index (χ0n) is 13.0. The summed E-state index contributed by atoms with van der Waals surface area (Å²) < 4.78 is 12.4. The van der Waals surface area contributed by atoms with Crippen molar-refractivity contribution >= 4 is 10.8 Å². The van der Waals surface area contributed by atoms with E-state index in [1.807, 2.05) is 36.4 Å². The minimum absolute atomic E-state index is 0.609. The summed E-state index contributed by atoms with van der Waals surface area (Å²) in [5.41, 5.74) is 4.85. The smallest absolute Gasteiger partial charge is 0.0489 e. The lowest BCUT2D eigenvalue weighted by molar-refractivity contribution is 0.682. The molecule has 116 valence electrons. The van der Waals surface area contributed by atoms with Gasteiger partial charge in [0.2, 0.25) is 0 Å². The SMILES string of the molecule is O=S(Cc1ccccc1)Cc1cccc(Cc2ccccc2)c1. The van der Waals surface area contributed by atoms with Crippen molar-refractivity contribution in [3.63, 3.8) is 0 Å². The number of rotatable bonds is 6. The first-order valence-electron chi connectivity index (χ1n) is 7.80. The van der Waals surface area contributed by atoms with Crippen molar-refractivity contribution in [1.82, 2.24) is 0 Å². The number of hydrogen-bond acceptors (Lipinski definition) is 1. The largest absolute Gasteiger partial charge is 0.259 e. The van der Waals surface area contributed by atoms with E-state index in [1.54, 1.807) is 0 Å². The van der Waals surface area contributed by atoms with Crippen molar-refractivity contribution in [2.24, 2.45) is 0 Å². The molecule has 3 rings (SSSR count). The lowest BCUT2D eigenvalue weighted by atomic mass is 10.0. The minimum atomic E-state index is -0.877. The second-order valence-electron chi connectivity index (χ2n) is 5.70. The Morgan fingerprint density at radius 1 is 0.565 bits per heavy atom. The molecule has 3 aromatic rings. The van der Waals surface area contributed by atoms with Crippen molar-refractivity contribution in [2.75, 3.05) is 0 Å². The Morgan fingerprint density at radius 2 is 1.09 bits per heavy atom. The van der Waals surface area contributed by atoms with Crippen LogP contribution in [0.15, 0.2) is 84.9 Å². The van der Waals surface area contributed by atoms with Gasteiger partial charge >= 0.3 is 0 Å². The Kier molecular flexibility index (Phi) is 5.38. The third kappa shape index (κ3) is 4.90. The lowest BCUT2D eigenvalue weighted by Crippen LogP contribution is -2.00. The van der Waals surface area contributed by atoms with Gasteiger partial charge in [0.05, 0.1) is 0 Å². The van der Waals surface area contributed by atoms with Gasteiger partial charge in [0, 0.05) is 22.3 Å². The van der Waals surface area contributed by atoms with Crippen LogP contribution in [0, 0.1) is 0 Å². The molecule has 0 spiro atoms. The summed E-state index contributed by atoms with van der Waals surface area (Å²) in [5.74, 6) is 1.22. The molecule has 0 fully saturated rings. The van der Waals surface area contributed by atoms with Crippen molar-refractivity contribution in [3.05, 3.63) is 107 Å². The molecule has 0 aliphatic carbocycles. The van der Waals surface area contributed by atoms with E-state index in [4.69, 9.17) is 0 Å². The molecule has 1 unspecified atom stereocenters. The van der Waals surface area contributed by atoms with Gasteiger partial charge < -0.3 is 0 Å². The normalized spacial score (nSPS) is 12.0. The van der Waals surface area contributed by atoms with Gasteiger partial charge in [-0.25, -0.2) is 0 Å². The first kappa shape index (κ1) is 15.7. The zero-order chi connectivity index (χ0) is 15.9. The van der Waals surface area contributed by atoms with Crippen LogP contribution in [0.4, 0.5) is 0 Å². The van der Waals surface area contributed by atoms with Crippen molar-refractivity contribution in [3.8, 4) is 0 Å². The van der Waals surface area contributed by atoms with E-state index in [0.29, 0.717) is 11.5 Å².